The van der Waals surface area contributed by atoms with Gasteiger partial charge in [-0.15, -0.1) is 0 Å². The first-order chi connectivity index (χ1) is 10.2. The highest BCUT2D eigenvalue weighted by Crippen LogP contribution is 2.44. The highest BCUT2D eigenvalue weighted by molar-refractivity contribution is 4.93. The monoisotopic (exact) mass is 333 g/mol. The van der Waals surface area contributed by atoms with Crippen molar-refractivity contribution < 1.29 is 4.74 Å². The second-order valence-electron chi connectivity index (χ2n) is 8.91. The van der Waals surface area contributed by atoms with E-state index in [2.05, 4.69) is 46.3 Å². The second kappa shape index (κ2) is 14.2. The molecule has 4 heteroatoms. The fourth-order valence-corrected chi connectivity index (χ4v) is 2.87. The molecule has 1 aliphatic rings. The van der Waals surface area contributed by atoms with Gasteiger partial charge in [-0.2, -0.15) is 0 Å². The van der Waals surface area contributed by atoms with Crippen LogP contribution in [0, 0.1) is 16.7 Å². The zero-order valence-electron chi connectivity index (χ0n) is 17.7. The summed E-state index contributed by atoms with van der Waals surface area (Å²) in [4.78, 5) is 0. The quantitative estimate of drug-likeness (QED) is 0.681. The molecular formula is C19H47N3O. The topological polar surface area (TPSA) is 87.3 Å². The minimum atomic E-state index is 0.279. The van der Waals surface area contributed by atoms with Crippen LogP contribution in [0.15, 0.2) is 0 Å². The fourth-order valence-electron chi connectivity index (χ4n) is 2.87. The fraction of sp³-hybridized carbons (Fsp3) is 1.00. The standard InChI is InChI=1S/C10H22N2.C4H10.C3H9N.C2H6O/c1-9(2)4-8(12)5-10(3,6-9)7-11;1-4(2)3;1-3(2)4;1-3-2/h8H,4-7,11-12H2,1-3H3;4H,1-3H3;3H,4H2,1-2H3;1-2H3. The van der Waals surface area contributed by atoms with E-state index >= 15 is 0 Å². The number of ether oxygens (including phenoxy) is 1. The number of rotatable bonds is 1. The Morgan fingerprint density at radius 3 is 1.52 bits per heavy atom. The lowest BCUT2D eigenvalue weighted by molar-refractivity contribution is 0.0904. The third kappa shape index (κ3) is 24.2. The van der Waals surface area contributed by atoms with Gasteiger partial charge in [0.25, 0.3) is 0 Å². The van der Waals surface area contributed by atoms with E-state index in [1.165, 1.54) is 6.42 Å². The van der Waals surface area contributed by atoms with E-state index in [1.807, 2.05) is 13.8 Å². The van der Waals surface area contributed by atoms with Crippen LogP contribution in [0.1, 0.15) is 74.7 Å². The first-order valence-electron chi connectivity index (χ1n) is 8.86. The Balaban J connectivity index is -0.000000301. The molecule has 6 N–H and O–H groups in total. The molecule has 23 heavy (non-hydrogen) atoms. The third-order valence-corrected chi connectivity index (χ3v) is 2.97. The molecule has 4 nitrogen and oxygen atoms in total. The smallest absolute Gasteiger partial charge is 0.0351 e. The molecule has 0 heterocycles. The molecule has 1 fully saturated rings. The molecule has 0 bridgehead atoms. The van der Waals surface area contributed by atoms with Crippen molar-refractivity contribution in [2.24, 2.45) is 33.9 Å². The van der Waals surface area contributed by atoms with Crippen molar-refractivity contribution in [1.29, 1.82) is 0 Å². The van der Waals surface area contributed by atoms with Gasteiger partial charge >= 0.3 is 0 Å². The summed E-state index contributed by atoms with van der Waals surface area (Å²) in [7, 11) is 3.25. The van der Waals surface area contributed by atoms with Gasteiger partial charge < -0.3 is 21.9 Å². The molecule has 0 amide bonds. The van der Waals surface area contributed by atoms with Gasteiger partial charge in [-0.1, -0.05) is 55.4 Å². The van der Waals surface area contributed by atoms with E-state index in [0.29, 0.717) is 17.5 Å². The van der Waals surface area contributed by atoms with Gasteiger partial charge in [-0.05, 0) is 48.6 Å². The Hall–Kier alpha value is -0.160. The molecule has 0 spiro atoms. The van der Waals surface area contributed by atoms with Crippen LogP contribution >= 0.6 is 0 Å². The molecule has 0 aliphatic heterocycles. The van der Waals surface area contributed by atoms with Crippen LogP contribution in [0.25, 0.3) is 0 Å². The number of methoxy groups -OCH3 is 1. The SMILES string of the molecule is CC(C)C.CC(C)N.CC1(C)CC(N)CC(C)(CN)C1.COC. The number of hydrogen-bond acceptors (Lipinski definition) is 4. The Morgan fingerprint density at radius 2 is 1.30 bits per heavy atom. The summed E-state index contributed by atoms with van der Waals surface area (Å²) in [5.74, 6) is 0.833. The van der Waals surface area contributed by atoms with E-state index in [1.54, 1.807) is 14.2 Å². The molecular weight excluding hydrogens is 286 g/mol. The molecule has 0 radical (unpaired) electrons. The van der Waals surface area contributed by atoms with Gasteiger partial charge in [-0.3, -0.25) is 0 Å². The predicted octanol–water partition coefficient (Wildman–Crippen LogP) is 3.77. The van der Waals surface area contributed by atoms with Crippen LogP contribution < -0.4 is 17.2 Å². The molecule has 0 aromatic carbocycles. The summed E-state index contributed by atoms with van der Waals surface area (Å²) in [5, 5.41) is 0. The second-order valence-corrected chi connectivity index (χ2v) is 8.91. The molecule has 0 aromatic rings. The van der Waals surface area contributed by atoms with Crippen molar-refractivity contribution in [1.82, 2.24) is 0 Å². The summed E-state index contributed by atoms with van der Waals surface area (Å²) >= 11 is 0. The van der Waals surface area contributed by atoms with E-state index in [9.17, 15) is 0 Å². The Bertz CT molecular complexity index is 243. The molecule has 0 aromatic heterocycles. The van der Waals surface area contributed by atoms with Crippen molar-refractivity contribution in [2.45, 2.75) is 86.7 Å². The zero-order valence-corrected chi connectivity index (χ0v) is 17.7. The van der Waals surface area contributed by atoms with Gasteiger partial charge in [0.2, 0.25) is 0 Å². The van der Waals surface area contributed by atoms with Crippen molar-refractivity contribution in [3.63, 3.8) is 0 Å². The number of nitrogens with two attached hydrogens (primary N) is 3. The van der Waals surface area contributed by atoms with E-state index < -0.39 is 0 Å². The molecule has 1 rings (SSSR count). The van der Waals surface area contributed by atoms with Crippen LogP contribution in [0.5, 0.6) is 0 Å². The highest BCUT2D eigenvalue weighted by Gasteiger charge is 2.38. The largest absolute Gasteiger partial charge is 0.388 e. The van der Waals surface area contributed by atoms with E-state index in [4.69, 9.17) is 17.2 Å². The highest BCUT2D eigenvalue weighted by atomic mass is 16.4. The normalized spacial score (nSPS) is 25.4. The van der Waals surface area contributed by atoms with Gasteiger partial charge in [-0.25, -0.2) is 0 Å². The maximum Gasteiger partial charge on any atom is 0.0351 e. The Labute approximate surface area is 146 Å². The lowest BCUT2D eigenvalue weighted by atomic mass is 9.63. The molecule has 1 aliphatic carbocycles. The van der Waals surface area contributed by atoms with Crippen molar-refractivity contribution in [3.05, 3.63) is 0 Å². The first-order valence-corrected chi connectivity index (χ1v) is 8.86. The maximum atomic E-state index is 6.01. The van der Waals surface area contributed by atoms with Gasteiger partial charge in [0, 0.05) is 20.3 Å². The van der Waals surface area contributed by atoms with Crippen LogP contribution in [0.3, 0.4) is 0 Å². The minimum Gasteiger partial charge on any atom is -0.388 e. The lowest BCUT2D eigenvalue weighted by Crippen LogP contribution is -2.45. The average Bonchev–Trinajstić information content (AvgIpc) is 2.24. The molecule has 2 unspecified atom stereocenters. The molecule has 0 saturated heterocycles. The lowest BCUT2D eigenvalue weighted by Gasteiger charge is -2.45. The van der Waals surface area contributed by atoms with Gasteiger partial charge in [0.05, 0.1) is 0 Å². The van der Waals surface area contributed by atoms with Gasteiger partial charge in [0.15, 0.2) is 0 Å². The number of hydrogen-bond donors (Lipinski definition) is 3. The summed E-state index contributed by atoms with van der Waals surface area (Å²) < 4.78 is 4.25. The third-order valence-electron chi connectivity index (χ3n) is 2.97. The van der Waals surface area contributed by atoms with Crippen LogP contribution in [0.4, 0.5) is 0 Å². The molecule has 2 atom stereocenters. The first kappa shape index (κ1) is 27.7. The summed E-state index contributed by atoms with van der Waals surface area (Å²) in [6.07, 6.45) is 3.44. The maximum absolute atomic E-state index is 6.01. The summed E-state index contributed by atoms with van der Waals surface area (Å²) in [5.41, 5.74) is 17.5. The molecule has 144 valence electrons. The predicted molar refractivity (Wildman–Crippen MR) is 106 cm³/mol. The Morgan fingerprint density at radius 1 is 1.00 bits per heavy atom. The zero-order chi connectivity index (χ0) is 19.3. The Kier molecular flexibility index (Phi) is 17.1. The van der Waals surface area contributed by atoms with E-state index in [0.717, 1.165) is 25.3 Å². The van der Waals surface area contributed by atoms with Gasteiger partial charge in [0.1, 0.15) is 0 Å². The van der Waals surface area contributed by atoms with Crippen molar-refractivity contribution >= 4 is 0 Å². The van der Waals surface area contributed by atoms with Crippen LogP contribution in [0.2, 0.25) is 0 Å². The van der Waals surface area contributed by atoms with Crippen LogP contribution in [-0.2, 0) is 4.74 Å². The van der Waals surface area contributed by atoms with Crippen LogP contribution in [-0.4, -0.2) is 32.8 Å². The average molecular weight is 334 g/mol. The molecule has 1 saturated carbocycles. The van der Waals surface area contributed by atoms with E-state index in [-0.39, 0.29) is 5.41 Å². The summed E-state index contributed by atoms with van der Waals surface area (Å²) in [6.45, 7) is 18.0. The summed E-state index contributed by atoms with van der Waals surface area (Å²) in [6, 6.07) is 0.683. The minimum absolute atomic E-state index is 0.279. The van der Waals surface area contributed by atoms with Crippen molar-refractivity contribution in [3.8, 4) is 0 Å². The van der Waals surface area contributed by atoms with Crippen molar-refractivity contribution in [2.75, 3.05) is 20.8 Å².